The number of carboxylic acid groups (broad SMARTS) is 1. The molecule has 0 radical (unpaired) electrons. The summed E-state index contributed by atoms with van der Waals surface area (Å²) in [5.74, 6) is 0.0703. The molecule has 6 nitrogen and oxygen atoms in total. The zero-order valence-corrected chi connectivity index (χ0v) is 16.7. The van der Waals surface area contributed by atoms with Crippen LogP contribution < -0.4 is 4.74 Å². The number of hydrogen-bond acceptors (Lipinski definition) is 6. The molecule has 0 aliphatic rings. The van der Waals surface area contributed by atoms with Crippen LogP contribution in [0.3, 0.4) is 0 Å². The van der Waals surface area contributed by atoms with Crippen molar-refractivity contribution in [1.29, 1.82) is 0 Å². The smallest absolute Gasteiger partial charge is 0.342 e. The molecule has 0 saturated heterocycles. The molecule has 1 aromatic heterocycles. The zero-order valence-electron chi connectivity index (χ0n) is 15.8. The summed E-state index contributed by atoms with van der Waals surface area (Å²) in [5.41, 5.74) is 0.731. The Balaban J connectivity index is 2.03. The molecule has 0 amide bonds. The van der Waals surface area contributed by atoms with Gasteiger partial charge in [-0.1, -0.05) is 50.6 Å². The Kier molecular flexibility index (Phi) is 6.71. The summed E-state index contributed by atoms with van der Waals surface area (Å²) in [6, 6.07) is 11.7. The van der Waals surface area contributed by atoms with E-state index in [1.807, 2.05) is 43.3 Å². The van der Waals surface area contributed by atoms with E-state index in [0.29, 0.717) is 24.7 Å². The van der Waals surface area contributed by atoms with E-state index in [4.69, 9.17) is 9.15 Å². The molecule has 3 aromatic rings. The predicted octanol–water partition coefficient (Wildman–Crippen LogP) is 5.18. The number of carboxylic acids is 1. The van der Waals surface area contributed by atoms with Gasteiger partial charge in [0.1, 0.15) is 10.7 Å². The van der Waals surface area contributed by atoms with E-state index in [0.717, 1.165) is 40.9 Å². The molecular weight excluding hydrogens is 376 g/mol. The van der Waals surface area contributed by atoms with Gasteiger partial charge in [0.15, 0.2) is 0 Å². The summed E-state index contributed by atoms with van der Waals surface area (Å²) in [7, 11) is 0. The lowest BCUT2D eigenvalue weighted by molar-refractivity contribution is -0.131. The first-order chi connectivity index (χ1) is 13.6. The van der Waals surface area contributed by atoms with Crippen molar-refractivity contribution >= 4 is 34.6 Å². The highest BCUT2D eigenvalue weighted by Crippen LogP contribution is 2.34. The number of nitrogens with zero attached hydrogens (tertiary/aromatic N) is 2. The van der Waals surface area contributed by atoms with Gasteiger partial charge >= 0.3 is 5.97 Å². The van der Waals surface area contributed by atoms with Crippen LogP contribution in [0.1, 0.15) is 38.1 Å². The maximum absolute atomic E-state index is 11.9. The molecular formula is C21H22N2O4S. The van der Waals surface area contributed by atoms with E-state index in [1.165, 1.54) is 0 Å². The highest BCUT2D eigenvalue weighted by molar-refractivity contribution is 8.03. The van der Waals surface area contributed by atoms with Crippen LogP contribution in [0.2, 0.25) is 0 Å². The van der Waals surface area contributed by atoms with E-state index < -0.39 is 5.97 Å². The van der Waals surface area contributed by atoms with Gasteiger partial charge < -0.3 is 14.3 Å². The minimum absolute atomic E-state index is 0.0861. The van der Waals surface area contributed by atoms with E-state index in [2.05, 4.69) is 17.1 Å². The minimum atomic E-state index is -1.06. The second kappa shape index (κ2) is 9.41. The number of unbranched alkanes of at least 4 members (excludes halogenated alkanes) is 1. The van der Waals surface area contributed by atoms with Crippen LogP contribution in [0.5, 0.6) is 5.75 Å². The molecule has 2 aromatic carbocycles. The van der Waals surface area contributed by atoms with Gasteiger partial charge in [-0.3, -0.25) is 0 Å². The first-order valence-electron chi connectivity index (χ1n) is 9.22. The number of carbonyl (C=O) groups is 1. The fourth-order valence-electron chi connectivity index (χ4n) is 2.66. The number of thioether (sulfide) groups is 1. The van der Waals surface area contributed by atoms with Crippen LogP contribution in [0.25, 0.3) is 16.8 Å². The summed E-state index contributed by atoms with van der Waals surface area (Å²) >= 11 is 0.939. The Morgan fingerprint density at radius 3 is 2.75 bits per heavy atom. The normalized spacial score (nSPS) is 11.7. The first kappa shape index (κ1) is 19.9. The van der Waals surface area contributed by atoms with Gasteiger partial charge in [0.2, 0.25) is 5.89 Å². The number of fused-ring (bicyclic) bond motifs is 1. The summed E-state index contributed by atoms with van der Waals surface area (Å²) in [4.78, 5) is 12.0. The molecule has 0 saturated carbocycles. The number of ether oxygens (including phenoxy) is 1. The second-order valence-electron chi connectivity index (χ2n) is 6.13. The third-order valence-electron chi connectivity index (χ3n) is 4.12. The maximum atomic E-state index is 11.9. The average Bonchev–Trinajstić information content (AvgIpc) is 3.16. The molecule has 1 heterocycles. The van der Waals surface area contributed by atoms with Crippen LogP contribution in [-0.4, -0.2) is 27.9 Å². The lowest BCUT2D eigenvalue weighted by Crippen LogP contribution is -2.01. The number of rotatable bonds is 9. The van der Waals surface area contributed by atoms with Gasteiger partial charge in [0.25, 0.3) is 5.22 Å². The summed E-state index contributed by atoms with van der Waals surface area (Å²) in [6.45, 7) is 4.57. The Labute approximate surface area is 167 Å². The quantitative estimate of drug-likeness (QED) is 0.302. The van der Waals surface area contributed by atoms with Crippen LogP contribution in [-0.2, 0) is 11.2 Å². The molecule has 1 N–H and O–H groups in total. The average molecular weight is 398 g/mol. The molecule has 3 rings (SSSR count). The molecule has 0 spiro atoms. The molecule has 0 aliphatic carbocycles. The van der Waals surface area contributed by atoms with E-state index in [9.17, 15) is 9.90 Å². The molecule has 146 valence electrons. The molecule has 0 aliphatic heterocycles. The lowest BCUT2D eigenvalue weighted by atomic mass is 10.0. The standard InChI is InChI=1S/C21H22N2O4S/c1-3-5-12-26-17-11-10-14-8-6-7-9-15(14)16(17)13-18(20(24)25)28-21-23-22-19(4-2)27-21/h6-11,13H,3-5,12H2,1-2H3,(H,24,25)/b18-13-. The number of aryl methyl sites for hydroxylation is 1. The van der Waals surface area contributed by atoms with Crippen LogP contribution in [0.15, 0.2) is 50.9 Å². The van der Waals surface area contributed by atoms with Gasteiger partial charge in [-0.15, -0.1) is 10.2 Å². The molecule has 0 unspecified atom stereocenters. The topological polar surface area (TPSA) is 85.5 Å². The van der Waals surface area contributed by atoms with Gasteiger partial charge in [0, 0.05) is 12.0 Å². The maximum Gasteiger partial charge on any atom is 0.342 e. The Morgan fingerprint density at radius 1 is 1.21 bits per heavy atom. The number of aliphatic carboxylic acids is 1. The van der Waals surface area contributed by atoms with Crippen molar-refractivity contribution in [2.45, 2.75) is 38.3 Å². The molecule has 0 bridgehead atoms. The molecule has 28 heavy (non-hydrogen) atoms. The van der Waals surface area contributed by atoms with Gasteiger partial charge in [0.05, 0.1) is 6.61 Å². The molecule has 0 fully saturated rings. The van der Waals surface area contributed by atoms with Crippen molar-refractivity contribution < 1.29 is 19.1 Å². The van der Waals surface area contributed by atoms with Gasteiger partial charge in [-0.2, -0.15) is 0 Å². The van der Waals surface area contributed by atoms with Crippen molar-refractivity contribution in [2.24, 2.45) is 0 Å². The van der Waals surface area contributed by atoms with Crippen LogP contribution >= 0.6 is 11.8 Å². The van der Waals surface area contributed by atoms with E-state index in [1.54, 1.807) is 6.08 Å². The first-order valence-corrected chi connectivity index (χ1v) is 10.0. The van der Waals surface area contributed by atoms with E-state index >= 15 is 0 Å². The molecule has 0 atom stereocenters. The van der Waals surface area contributed by atoms with Crippen molar-refractivity contribution in [2.75, 3.05) is 6.61 Å². The van der Waals surface area contributed by atoms with Gasteiger partial charge in [-0.25, -0.2) is 4.79 Å². The fraction of sp³-hybridized carbons (Fsp3) is 0.286. The van der Waals surface area contributed by atoms with Crippen LogP contribution in [0.4, 0.5) is 0 Å². The number of aromatic nitrogens is 2. The lowest BCUT2D eigenvalue weighted by Gasteiger charge is -2.12. The summed E-state index contributed by atoms with van der Waals surface area (Å²) in [5, 5.41) is 19.7. The molecule has 7 heteroatoms. The second-order valence-corrected chi connectivity index (χ2v) is 7.12. The van der Waals surface area contributed by atoms with Crippen molar-refractivity contribution in [3.63, 3.8) is 0 Å². The van der Waals surface area contributed by atoms with Crippen molar-refractivity contribution in [1.82, 2.24) is 10.2 Å². The fourth-order valence-corrected chi connectivity index (χ4v) is 3.33. The third kappa shape index (κ3) is 4.72. The minimum Gasteiger partial charge on any atom is -0.493 e. The monoisotopic (exact) mass is 398 g/mol. The summed E-state index contributed by atoms with van der Waals surface area (Å²) in [6.07, 6.45) is 4.16. The highest BCUT2D eigenvalue weighted by Gasteiger charge is 2.17. The third-order valence-corrected chi connectivity index (χ3v) is 4.97. The highest BCUT2D eigenvalue weighted by atomic mass is 32.2. The Morgan fingerprint density at radius 2 is 2.04 bits per heavy atom. The van der Waals surface area contributed by atoms with Gasteiger partial charge in [-0.05, 0) is 41.1 Å². The van der Waals surface area contributed by atoms with Crippen LogP contribution in [0, 0.1) is 0 Å². The van der Waals surface area contributed by atoms with Crippen molar-refractivity contribution in [3.05, 3.63) is 52.8 Å². The SMILES string of the molecule is CCCCOc1ccc2ccccc2c1/C=C(\Sc1nnc(CC)o1)C(=O)O. The predicted molar refractivity (Wildman–Crippen MR) is 109 cm³/mol. The number of benzene rings is 2. The number of hydrogen-bond donors (Lipinski definition) is 1. The van der Waals surface area contributed by atoms with Crippen molar-refractivity contribution in [3.8, 4) is 5.75 Å². The Hall–Kier alpha value is -2.80. The Bertz CT molecular complexity index is 997. The largest absolute Gasteiger partial charge is 0.493 e. The van der Waals surface area contributed by atoms with E-state index in [-0.39, 0.29) is 10.1 Å². The zero-order chi connectivity index (χ0) is 19.9. The summed E-state index contributed by atoms with van der Waals surface area (Å²) < 4.78 is 11.4.